The second-order valence-electron chi connectivity index (χ2n) is 5.76. The van der Waals surface area contributed by atoms with Gasteiger partial charge in [0.05, 0.1) is 18.3 Å². The predicted octanol–water partition coefficient (Wildman–Crippen LogP) is 2.75. The summed E-state index contributed by atoms with van der Waals surface area (Å²) in [5.74, 6) is 0.447. The van der Waals surface area contributed by atoms with Crippen molar-refractivity contribution in [3.8, 4) is 0 Å². The molecule has 0 aliphatic carbocycles. The molecule has 0 saturated heterocycles. The molecule has 0 radical (unpaired) electrons. The van der Waals surface area contributed by atoms with E-state index in [2.05, 4.69) is 15.3 Å². The second kappa shape index (κ2) is 6.39. The Morgan fingerprint density at radius 3 is 2.40 bits per heavy atom. The van der Waals surface area contributed by atoms with Gasteiger partial charge < -0.3 is 10.2 Å². The molecule has 1 aromatic rings. The summed E-state index contributed by atoms with van der Waals surface area (Å²) in [7, 11) is 1.58. The Labute approximate surface area is 117 Å². The molecule has 0 fully saturated rings. The Bertz CT molecular complexity index is 426. The van der Waals surface area contributed by atoms with Crippen molar-refractivity contribution in [2.45, 2.75) is 45.5 Å². The molecule has 0 aliphatic heterocycles. The van der Waals surface area contributed by atoms with Crippen molar-refractivity contribution in [2.24, 2.45) is 0 Å². The first kappa shape index (κ1) is 16.7. The number of nitrogens with zero attached hydrogens (tertiary/aromatic N) is 3. The van der Waals surface area contributed by atoms with E-state index in [1.54, 1.807) is 13.2 Å². The fourth-order valence-corrected chi connectivity index (χ4v) is 1.43. The van der Waals surface area contributed by atoms with Gasteiger partial charge in [-0.3, -0.25) is 4.98 Å². The van der Waals surface area contributed by atoms with Crippen molar-refractivity contribution in [3.63, 3.8) is 0 Å². The lowest BCUT2D eigenvalue weighted by molar-refractivity contribution is -0.132. The maximum absolute atomic E-state index is 12.2. The molecule has 1 aromatic heterocycles. The average molecular weight is 290 g/mol. The van der Waals surface area contributed by atoms with Crippen molar-refractivity contribution in [1.29, 1.82) is 0 Å². The Morgan fingerprint density at radius 2 is 1.85 bits per heavy atom. The molecule has 114 valence electrons. The zero-order valence-corrected chi connectivity index (χ0v) is 12.3. The van der Waals surface area contributed by atoms with Gasteiger partial charge in [-0.05, 0) is 20.8 Å². The molecule has 1 N–H and O–H groups in total. The predicted molar refractivity (Wildman–Crippen MR) is 72.6 cm³/mol. The molecule has 0 saturated carbocycles. The number of aromatic nitrogens is 2. The lowest BCUT2D eigenvalue weighted by atomic mass is 10.1. The van der Waals surface area contributed by atoms with Crippen LogP contribution in [-0.4, -0.2) is 35.3 Å². The van der Waals surface area contributed by atoms with E-state index < -0.39 is 12.6 Å². The van der Waals surface area contributed by atoms with Crippen LogP contribution in [0.15, 0.2) is 12.4 Å². The standard InChI is InChI=1S/C13H21F3N4/c1-12(2,3)18-8-10-7-17-9-11(19-10)20(4)6-5-13(14,15)16/h7,9,18H,5-6,8H2,1-4H3. The van der Waals surface area contributed by atoms with Crippen LogP contribution in [0.1, 0.15) is 32.9 Å². The topological polar surface area (TPSA) is 41.1 Å². The first-order valence-electron chi connectivity index (χ1n) is 6.41. The Morgan fingerprint density at radius 1 is 1.20 bits per heavy atom. The summed E-state index contributed by atoms with van der Waals surface area (Å²) < 4.78 is 36.6. The molecule has 0 bridgehead atoms. The minimum atomic E-state index is -4.16. The van der Waals surface area contributed by atoms with Gasteiger partial charge in [-0.2, -0.15) is 13.2 Å². The van der Waals surface area contributed by atoms with Gasteiger partial charge in [0.1, 0.15) is 5.82 Å². The van der Waals surface area contributed by atoms with Gasteiger partial charge in [-0.25, -0.2) is 4.98 Å². The number of hydrogen-bond acceptors (Lipinski definition) is 4. The summed E-state index contributed by atoms with van der Waals surface area (Å²) in [5, 5.41) is 3.26. The van der Waals surface area contributed by atoms with E-state index in [1.165, 1.54) is 11.1 Å². The molecule has 0 unspecified atom stereocenters. The van der Waals surface area contributed by atoms with Gasteiger partial charge in [0, 0.05) is 31.9 Å². The Kier molecular flexibility index (Phi) is 5.33. The van der Waals surface area contributed by atoms with Gasteiger partial charge in [-0.1, -0.05) is 0 Å². The highest BCUT2D eigenvalue weighted by Crippen LogP contribution is 2.20. The molecule has 1 rings (SSSR count). The molecule has 4 nitrogen and oxygen atoms in total. The number of rotatable bonds is 5. The maximum Gasteiger partial charge on any atom is 0.390 e. The molecule has 0 aliphatic rings. The largest absolute Gasteiger partial charge is 0.390 e. The van der Waals surface area contributed by atoms with E-state index in [0.29, 0.717) is 18.1 Å². The summed E-state index contributed by atoms with van der Waals surface area (Å²) in [6, 6.07) is 0. The van der Waals surface area contributed by atoms with Crippen molar-refractivity contribution in [3.05, 3.63) is 18.1 Å². The summed E-state index contributed by atoms with van der Waals surface area (Å²) in [5.41, 5.74) is 0.649. The molecule has 0 aromatic carbocycles. The van der Waals surface area contributed by atoms with Crippen LogP contribution in [0.25, 0.3) is 0 Å². The van der Waals surface area contributed by atoms with Gasteiger partial charge in [0.2, 0.25) is 0 Å². The first-order chi connectivity index (χ1) is 9.07. The van der Waals surface area contributed by atoms with Crippen LogP contribution >= 0.6 is 0 Å². The van der Waals surface area contributed by atoms with E-state index in [1.807, 2.05) is 20.8 Å². The monoisotopic (exact) mass is 290 g/mol. The zero-order chi connectivity index (χ0) is 15.4. The van der Waals surface area contributed by atoms with E-state index in [4.69, 9.17) is 0 Å². The average Bonchev–Trinajstić information content (AvgIpc) is 2.32. The van der Waals surface area contributed by atoms with E-state index in [9.17, 15) is 13.2 Å². The van der Waals surface area contributed by atoms with Gasteiger partial charge >= 0.3 is 6.18 Å². The molecule has 0 atom stereocenters. The fourth-order valence-electron chi connectivity index (χ4n) is 1.43. The highest BCUT2D eigenvalue weighted by atomic mass is 19.4. The quantitative estimate of drug-likeness (QED) is 0.905. The minimum Gasteiger partial charge on any atom is -0.358 e. The van der Waals surface area contributed by atoms with E-state index in [-0.39, 0.29) is 12.1 Å². The number of alkyl halides is 3. The number of hydrogen-bond donors (Lipinski definition) is 1. The molecule has 1 heterocycles. The number of halogens is 3. The second-order valence-corrected chi connectivity index (χ2v) is 5.76. The molecule has 20 heavy (non-hydrogen) atoms. The summed E-state index contributed by atoms with van der Waals surface area (Å²) in [6.45, 7) is 6.48. The molecular formula is C13H21F3N4. The highest BCUT2D eigenvalue weighted by Gasteiger charge is 2.27. The van der Waals surface area contributed by atoms with E-state index >= 15 is 0 Å². The van der Waals surface area contributed by atoms with Crippen LogP contribution in [0.3, 0.4) is 0 Å². The van der Waals surface area contributed by atoms with Crippen molar-refractivity contribution in [1.82, 2.24) is 15.3 Å². The Balaban J connectivity index is 2.63. The maximum atomic E-state index is 12.2. The van der Waals surface area contributed by atoms with Gasteiger partial charge in [0.25, 0.3) is 0 Å². The van der Waals surface area contributed by atoms with Crippen LogP contribution in [0.2, 0.25) is 0 Å². The van der Waals surface area contributed by atoms with Crippen molar-refractivity contribution < 1.29 is 13.2 Å². The normalized spacial score (nSPS) is 12.6. The smallest absolute Gasteiger partial charge is 0.358 e. The van der Waals surface area contributed by atoms with Gasteiger partial charge in [-0.15, -0.1) is 0 Å². The summed E-state index contributed by atoms with van der Waals surface area (Å²) >= 11 is 0. The fraction of sp³-hybridized carbons (Fsp3) is 0.692. The van der Waals surface area contributed by atoms with Crippen LogP contribution in [-0.2, 0) is 6.54 Å². The van der Waals surface area contributed by atoms with Crippen LogP contribution in [0, 0.1) is 0 Å². The summed E-state index contributed by atoms with van der Waals surface area (Å²) in [6.07, 6.45) is -1.94. The third kappa shape index (κ3) is 6.70. The van der Waals surface area contributed by atoms with E-state index in [0.717, 1.165) is 0 Å². The molecule has 0 amide bonds. The molecular weight excluding hydrogens is 269 g/mol. The molecule has 7 heteroatoms. The van der Waals surface area contributed by atoms with Gasteiger partial charge in [0.15, 0.2) is 0 Å². The lowest BCUT2D eigenvalue weighted by Gasteiger charge is -2.22. The number of nitrogens with one attached hydrogen (secondary N) is 1. The first-order valence-corrected chi connectivity index (χ1v) is 6.41. The number of anilines is 1. The summed E-state index contributed by atoms with van der Waals surface area (Å²) in [4.78, 5) is 9.79. The third-order valence-corrected chi connectivity index (χ3v) is 2.59. The SMILES string of the molecule is CN(CCC(F)(F)F)c1cncc(CNC(C)(C)C)n1. The lowest BCUT2D eigenvalue weighted by Crippen LogP contribution is -2.35. The van der Waals surface area contributed by atoms with Crippen LogP contribution in [0.4, 0.5) is 19.0 Å². The molecule has 0 spiro atoms. The highest BCUT2D eigenvalue weighted by molar-refractivity contribution is 5.34. The van der Waals surface area contributed by atoms with Crippen LogP contribution < -0.4 is 10.2 Å². The van der Waals surface area contributed by atoms with Crippen LogP contribution in [0.5, 0.6) is 0 Å². The minimum absolute atomic E-state index is 0.0557. The Hall–Kier alpha value is -1.37. The van der Waals surface area contributed by atoms with Crippen molar-refractivity contribution >= 4 is 5.82 Å². The van der Waals surface area contributed by atoms with Crippen molar-refractivity contribution in [2.75, 3.05) is 18.5 Å². The zero-order valence-electron chi connectivity index (χ0n) is 12.3. The third-order valence-electron chi connectivity index (χ3n) is 2.59.